The fourth-order valence-corrected chi connectivity index (χ4v) is 12.3. The van der Waals surface area contributed by atoms with Crippen molar-refractivity contribution in [2.75, 3.05) is 39.6 Å². The zero-order chi connectivity index (χ0) is 66.5. The molecular formula is C71H138O17P2. The molecule has 90 heavy (non-hydrogen) atoms. The maximum absolute atomic E-state index is 13.0. The largest absolute Gasteiger partial charge is 0.472 e. The van der Waals surface area contributed by atoms with Crippen molar-refractivity contribution < 1.29 is 80.2 Å². The van der Waals surface area contributed by atoms with E-state index in [1.807, 2.05) is 0 Å². The van der Waals surface area contributed by atoms with Gasteiger partial charge in [-0.25, -0.2) is 9.13 Å². The number of carbonyl (C=O) groups is 4. The van der Waals surface area contributed by atoms with Crippen LogP contribution in [-0.4, -0.2) is 96.7 Å². The molecule has 0 fully saturated rings. The van der Waals surface area contributed by atoms with E-state index in [-0.39, 0.29) is 25.7 Å². The molecule has 0 radical (unpaired) electrons. The molecular weight excluding hydrogens is 1190 g/mol. The molecule has 0 aromatic carbocycles. The fraction of sp³-hybridized carbons (Fsp3) is 0.944. The molecule has 0 heterocycles. The quantitative estimate of drug-likeness (QED) is 0.0222. The van der Waals surface area contributed by atoms with Crippen LogP contribution >= 0.6 is 15.6 Å². The van der Waals surface area contributed by atoms with Gasteiger partial charge in [0.25, 0.3) is 0 Å². The molecule has 19 heteroatoms. The van der Waals surface area contributed by atoms with E-state index in [0.717, 1.165) is 109 Å². The third kappa shape index (κ3) is 64.8. The highest BCUT2D eigenvalue weighted by Crippen LogP contribution is 2.45. The number of esters is 4. The van der Waals surface area contributed by atoms with Crippen molar-refractivity contribution in [2.24, 2.45) is 11.8 Å². The lowest BCUT2D eigenvalue weighted by atomic mass is 10.0. The van der Waals surface area contributed by atoms with E-state index < -0.39 is 97.5 Å². The molecule has 5 atom stereocenters. The Bertz CT molecular complexity index is 1750. The third-order valence-electron chi connectivity index (χ3n) is 16.5. The summed E-state index contributed by atoms with van der Waals surface area (Å²) < 4.78 is 68.2. The van der Waals surface area contributed by atoms with Crippen molar-refractivity contribution in [2.45, 2.75) is 381 Å². The van der Waals surface area contributed by atoms with E-state index >= 15 is 0 Å². The van der Waals surface area contributed by atoms with Crippen LogP contribution in [0.25, 0.3) is 0 Å². The molecule has 0 aromatic rings. The highest BCUT2D eigenvalue weighted by atomic mass is 31.2. The van der Waals surface area contributed by atoms with Gasteiger partial charge in [0.15, 0.2) is 12.2 Å². The molecule has 0 spiro atoms. The van der Waals surface area contributed by atoms with Crippen molar-refractivity contribution in [3.8, 4) is 0 Å². The average molecular weight is 1330 g/mol. The Morgan fingerprint density at radius 1 is 0.300 bits per heavy atom. The first kappa shape index (κ1) is 88.1. The van der Waals surface area contributed by atoms with E-state index in [9.17, 15) is 43.2 Å². The average Bonchev–Trinajstić information content (AvgIpc) is 3.48. The Balaban J connectivity index is 5.18. The predicted octanol–water partition coefficient (Wildman–Crippen LogP) is 20.4. The molecule has 0 rings (SSSR count). The van der Waals surface area contributed by atoms with E-state index in [0.29, 0.717) is 31.6 Å². The topological polar surface area (TPSA) is 237 Å². The zero-order valence-corrected chi connectivity index (χ0v) is 60.2. The minimum Gasteiger partial charge on any atom is -0.462 e. The number of phosphoric acid groups is 2. The number of aliphatic hydroxyl groups excluding tert-OH is 1. The number of hydrogen-bond donors (Lipinski definition) is 3. The molecule has 0 saturated carbocycles. The van der Waals surface area contributed by atoms with Crippen LogP contribution in [0.15, 0.2) is 0 Å². The van der Waals surface area contributed by atoms with Crippen LogP contribution in [0.3, 0.4) is 0 Å². The summed E-state index contributed by atoms with van der Waals surface area (Å²) in [5.74, 6) is -0.663. The smallest absolute Gasteiger partial charge is 0.462 e. The second-order valence-corrected chi connectivity index (χ2v) is 29.5. The first-order valence-electron chi connectivity index (χ1n) is 37.0. The molecule has 0 saturated heterocycles. The number of hydrogen-bond acceptors (Lipinski definition) is 15. The molecule has 3 N–H and O–H groups in total. The number of rotatable bonds is 70. The van der Waals surface area contributed by atoms with E-state index in [1.165, 1.54) is 167 Å². The summed E-state index contributed by atoms with van der Waals surface area (Å²) in [5, 5.41) is 10.6. The molecule has 0 aliphatic rings. The van der Waals surface area contributed by atoms with Crippen molar-refractivity contribution in [1.29, 1.82) is 0 Å². The van der Waals surface area contributed by atoms with Gasteiger partial charge in [0, 0.05) is 25.7 Å². The fourth-order valence-electron chi connectivity index (χ4n) is 10.8. The van der Waals surface area contributed by atoms with Crippen molar-refractivity contribution in [3.05, 3.63) is 0 Å². The van der Waals surface area contributed by atoms with Gasteiger partial charge in [-0.1, -0.05) is 311 Å². The number of ether oxygens (including phenoxy) is 4. The van der Waals surface area contributed by atoms with Crippen LogP contribution in [0.1, 0.15) is 363 Å². The normalized spacial score (nSPS) is 14.1. The summed E-state index contributed by atoms with van der Waals surface area (Å²) in [6, 6.07) is 0. The van der Waals surface area contributed by atoms with E-state index in [4.69, 9.17) is 37.0 Å². The molecule has 17 nitrogen and oxygen atoms in total. The van der Waals surface area contributed by atoms with Crippen molar-refractivity contribution in [1.82, 2.24) is 0 Å². The van der Waals surface area contributed by atoms with Crippen LogP contribution in [0.4, 0.5) is 0 Å². The third-order valence-corrected chi connectivity index (χ3v) is 18.4. The number of unbranched alkanes of at least 4 members (excludes halogenated alkanes) is 40. The summed E-state index contributed by atoms with van der Waals surface area (Å²) in [6.45, 7) is 9.45. The van der Waals surface area contributed by atoms with Crippen LogP contribution in [-0.2, 0) is 65.4 Å². The second-order valence-electron chi connectivity index (χ2n) is 26.6. The Morgan fingerprint density at radius 2 is 0.511 bits per heavy atom. The first-order chi connectivity index (χ1) is 43.4. The monoisotopic (exact) mass is 1320 g/mol. The molecule has 534 valence electrons. The Kier molecular flexibility index (Phi) is 61.8. The summed E-state index contributed by atoms with van der Waals surface area (Å²) in [7, 11) is -9.90. The number of phosphoric ester groups is 2. The summed E-state index contributed by atoms with van der Waals surface area (Å²) in [6.07, 6.45) is 48.9. The second kappa shape index (κ2) is 63.1. The SMILES string of the molecule is CCCCCCCCCCCCCCCCCCCCCC(=O)O[C@H](COC(=O)CCCCCCCCCCCCCC(C)C)COP(=O)(O)OC[C@@H](O)COP(=O)(O)OC[C@@H](COC(=O)CCCCCCCCC)OC(=O)CCCCCCCCCC(C)C. The number of carbonyl (C=O) groups excluding carboxylic acids is 4. The lowest BCUT2D eigenvalue weighted by Gasteiger charge is -2.21. The van der Waals surface area contributed by atoms with Crippen molar-refractivity contribution in [3.63, 3.8) is 0 Å². The highest BCUT2D eigenvalue weighted by molar-refractivity contribution is 7.47. The van der Waals surface area contributed by atoms with Crippen LogP contribution in [0.2, 0.25) is 0 Å². The Hall–Kier alpha value is -1.94. The predicted molar refractivity (Wildman–Crippen MR) is 363 cm³/mol. The van der Waals surface area contributed by atoms with Gasteiger partial charge in [-0.05, 0) is 37.5 Å². The number of aliphatic hydroxyl groups is 1. The first-order valence-corrected chi connectivity index (χ1v) is 40.0. The molecule has 0 aliphatic heterocycles. The summed E-state index contributed by atoms with van der Waals surface area (Å²) in [5.41, 5.74) is 0. The Labute approximate surface area is 549 Å². The molecule has 0 bridgehead atoms. The van der Waals surface area contributed by atoms with Gasteiger partial charge in [-0.15, -0.1) is 0 Å². The van der Waals surface area contributed by atoms with Crippen LogP contribution in [0, 0.1) is 11.8 Å². The van der Waals surface area contributed by atoms with Gasteiger partial charge in [-0.3, -0.25) is 37.3 Å². The highest BCUT2D eigenvalue weighted by Gasteiger charge is 2.30. The lowest BCUT2D eigenvalue weighted by Crippen LogP contribution is -2.30. The van der Waals surface area contributed by atoms with E-state index in [1.54, 1.807) is 0 Å². The molecule has 2 unspecified atom stereocenters. The molecule has 0 amide bonds. The standard InChI is InChI=1S/C71H138O17P2/c1-7-9-11-13-15-16-17-18-19-20-21-22-23-24-27-31-37-43-49-55-70(75)87-67(60-82-69(74)54-48-42-36-30-28-25-26-29-34-39-45-51-63(3)4)62-86-90(79,80)84-58-65(72)57-83-89(77,78)85-61-66(59-81-68(73)53-47-41-33-14-12-10-8-2)88-71(76)56-50-44-38-32-35-40-46-52-64(5)6/h63-67,72H,7-62H2,1-6H3,(H,77,78)(H,79,80)/t65-,66+,67+/m0/s1. The van der Waals surface area contributed by atoms with E-state index in [2.05, 4.69) is 41.5 Å². The molecule has 0 aliphatic carbocycles. The molecule has 0 aromatic heterocycles. The minimum atomic E-state index is -4.95. The van der Waals surface area contributed by atoms with Crippen LogP contribution in [0.5, 0.6) is 0 Å². The van der Waals surface area contributed by atoms with Gasteiger partial charge in [0.1, 0.15) is 19.3 Å². The van der Waals surface area contributed by atoms with Gasteiger partial charge in [0.05, 0.1) is 26.4 Å². The van der Waals surface area contributed by atoms with Crippen molar-refractivity contribution >= 4 is 39.5 Å². The zero-order valence-electron chi connectivity index (χ0n) is 58.4. The van der Waals surface area contributed by atoms with Gasteiger partial charge >= 0.3 is 39.5 Å². The van der Waals surface area contributed by atoms with Gasteiger partial charge in [0.2, 0.25) is 0 Å². The lowest BCUT2D eigenvalue weighted by molar-refractivity contribution is -0.161. The van der Waals surface area contributed by atoms with Crippen LogP contribution < -0.4 is 0 Å². The van der Waals surface area contributed by atoms with Gasteiger partial charge in [-0.2, -0.15) is 0 Å². The maximum Gasteiger partial charge on any atom is 0.472 e. The maximum atomic E-state index is 13.0. The summed E-state index contributed by atoms with van der Waals surface area (Å²) in [4.78, 5) is 72.4. The minimum absolute atomic E-state index is 0.103. The Morgan fingerprint density at radius 3 is 0.756 bits per heavy atom. The van der Waals surface area contributed by atoms with Gasteiger partial charge < -0.3 is 33.8 Å². The summed E-state index contributed by atoms with van der Waals surface area (Å²) >= 11 is 0.